The van der Waals surface area contributed by atoms with Crippen LogP contribution in [0.25, 0.3) is 87.2 Å². The molecule has 0 heterocycles. The molecule has 14 heteroatoms. The average molecular weight is 694 g/mol. The van der Waals surface area contributed by atoms with Crippen LogP contribution in [0.2, 0.25) is 0 Å². The van der Waals surface area contributed by atoms with Gasteiger partial charge in [0, 0.05) is 0 Å². The molecule has 9 aromatic rings. The summed E-state index contributed by atoms with van der Waals surface area (Å²) in [5.41, 5.74) is 3.90. The molecule has 0 aliphatic rings. The Labute approximate surface area is 356 Å². The van der Waals surface area contributed by atoms with Crippen molar-refractivity contribution in [3.8, 4) is 33.4 Å². The van der Waals surface area contributed by atoms with Crippen LogP contribution in [0.4, 0.5) is 0 Å². The van der Waals surface area contributed by atoms with Crippen molar-refractivity contribution in [1.82, 2.24) is 0 Å². The van der Waals surface area contributed by atoms with Crippen molar-refractivity contribution in [3.05, 3.63) is 84.9 Å². The third kappa shape index (κ3) is 5.35. The lowest BCUT2D eigenvalue weighted by Gasteiger charge is -2.32. The van der Waals surface area contributed by atoms with Gasteiger partial charge in [-0.1, -0.05) is 116 Å². The topological polar surface area (TPSA) is 0 Å². The predicted octanol–water partition coefficient (Wildman–Crippen LogP) is -4.43. The van der Waals surface area contributed by atoms with Crippen molar-refractivity contribution < 1.29 is 0 Å². The Bertz CT molecular complexity index is 3260. The van der Waals surface area contributed by atoms with Gasteiger partial charge in [0.2, 0.25) is 0 Å². The molecule has 232 valence electrons. The molecular weight excluding hydrogens is 680 g/mol. The number of hydrogen-bond donors (Lipinski definition) is 0. The van der Waals surface area contributed by atoms with E-state index >= 15 is 0 Å². The number of hydrogen-bond acceptors (Lipinski definition) is 0. The van der Waals surface area contributed by atoms with Crippen LogP contribution in [0.5, 0.6) is 0 Å². The van der Waals surface area contributed by atoms with E-state index in [2.05, 4.69) is 0 Å². The Morgan fingerprint density at radius 2 is 0.483 bits per heavy atom. The summed E-state index contributed by atoms with van der Waals surface area (Å²) >= 11 is 0. The molecule has 0 aromatic heterocycles. The molecule has 9 rings (SSSR count). The first-order chi connectivity index (χ1) is 27.6. The predicted molar refractivity (Wildman–Crippen MR) is 266 cm³/mol. The second-order valence-electron chi connectivity index (χ2n) is 14.7. The van der Waals surface area contributed by atoms with Crippen LogP contribution in [0.15, 0.2) is 84.9 Å². The van der Waals surface area contributed by atoms with Crippen molar-refractivity contribution in [2.75, 3.05) is 0 Å². The van der Waals surface area contributed by atoms with Gasteiger partial charge in [0.15, 0.2) is 0 Å². The van der Waals surface area contributed by atoms with E-state index < -0.39 is 0 Å². The summed E-state index contributed by atoms with van der Waals surface area (Å²) in [6, 6.07) is 27.6. The molecule has 0 N–H and O–H groups in total. The van der Waals surface area contributed by atoms with Gasteiger partial charge < -0.3 is 0 Å². The summed E-state index contributed by atoms with van der Waals surface area (Å²) in [7, 11) is 96.6. The Morgan fingerprint density at radius 1 is 0.207 bits per heavy atom. The normalized spacial score (nSPS) is 11.7. The van der Waals surface area contributed by atoms with Gasteiger partial charge in [0.25, 0.3) is 0 Å². The molecule has 9 aromatic carbocycles. The highest BCUT2D eigenvalue weighted by Gasteiger charge is 2.29. The molecule has 0 aliphatic heterocycles. The molecule has 0 spiro atoms. The summed E-state index contributed by atoms with van der Waals surface area (Å²) in [4.78, 5) is 0. The third-order valence-corrected chi connectivity index (χ3v) is 11.6. The SMILES string of the molecule is [B]c1c([B])c([B])c2c(-c3c4c([B])c([B])c([B])c([B])c4c(-c4ccc5ccccc5c4)c4c([B])c([B])c([B])c([B])c34)c([B])c([B])c(-c3ccc4ccccc4c3)c2c1[B]. The molecule has 28 radical (unpaired) electrons. The van der Waals surface area contributed by atoms with E-state index in [1.54, 1.807) is 0 Å². The van der Waals surface area contributed by atoms with Crippen molar-refractivity contribution in [1.29, 1.82) is 0 Å². The zero-order valence-electron chi connectivity index (χ0n) is 31.2. The van der Waals surface area contributed by atoms with Gasteiger partial charge in [0.1, 0.15) is 110 Å². The van der Waals surface area contributed by atoms with Crippen molar-refractivity contribution in [2.45, 2.75) is 0 Å². The fraction of sp³-hybridized carbons (Fsp3) is 0. The Hall–Kier alpha value is -4.81. The van der Waals surface area contributed by atoms with Gasteiger partial charge in [-0.05, 0) is 99.4 Å². The standard InChI is InChI=1S/C44H14B14/c45-31-22(20-12-10-16-6-2-4-8-18(16)14-20)26-30(38(52)44(58)41(55)35(26)49)29(32(31)46)23-27-24(33(47)39(53)42(56)36(27)50)21(19-11-9-15-5-1-3-7-17(15)13-19)25-28(23)37(51)43(57)40(54)34(25)48/h1-14H. The molecule has 58 heavy (non-hydrogen) atoms. The van der Waals surface area contributed by atoms with Gasteiger partial charge in [-0.3, -0.25) is 0 Å². The zero-order chi connectivity index (χ0) is 41.2. The minimum absolute atomic E-state index is 0.0184. The van der Waals surface area contributed by atoms with Crippen molar-refractivity contribution >= 4 is 240 Å². The van der Waals surface area contributed by atoms with E-state index in [1.807, 2.05) is 84.9 Å². The van der Waals surface area contributed by atoms with Crippen LogP contribution in [0, 0.1) is 0 Å². The lowest BCUT2D eigenvalue weighted by atomic mass is 9.57. The summed E-state index contributed by atoms with van der Waals surface area (Å²) in [6.07, 6.45) is 0. The maximum Gasteiger partial charge on any atom is 0.113 e. The highest BCUT2D eigenvalue weighted by Crippen LogP contribution is 2.43. The third-order valence-electron chi connectivity index (χ3n) is 11.6. The highest BCUT2D eigenvalue weighted by molar-refractivity contribution is 6.73. The summed E-state index contributed by atoms with van der Waals surface area (Å²) in [6.45, 7) is 0. The minimum Gasteiger partial charge on any atom is -0.110 e. The zero-order valence-corrected chi connectivity index (χ0v) is 31.2. The summed E-state index contributed by atoms with van der Waals surface area (Å²) < 4.78 is 0. The second-order valence-corrected chi connectivity index (χ2v) is 14.7. The van der Waals surface area contributed by atoms with Gasteiger partial charge in [0.05, 0.1) is 0 Å². The van der Waals surface area contributed by atoms with Crippen LogP contribution >= 0.6 is 0 Å². The Kier molecular flexibility index (Phi) is 9.27. The summed E-state index contributed by atoms with van der Waals surface area (Å²) in [5, 5.41) is 5.97. The van der Waals surface area contributed by atoms with Gasteiger partial charge in [-0.15, -0.1) is 32.8 Å². The van der Waals surface area contributed by atoms with E-state index in [9.17, 15) is 0 Å². The van der Waals surface area contributed by atoms with Crippen LogP contribution in [0.3, 0.4) is 0 Å². The first-order valence-corrected chi connectivity index (χ1v) is 18.2. The fourth-order valence-electron chi connectivity index (χ4n) is 8.62. The molecule has 0 saturated heterocycles. The smallest absolute Gasteiger partial charge is 0.110 e. The second kappa shape index (κ2) is 13.9. The monoisotopic (exact) mass is 696 g/mol. The van der Waals surface area contributed by atoms with Gasteiger partial charge >= 0.3 is 0 Å². The van der Waals surface area contributed by atoms with Crippen molar-refractivity contribution in [2.24, 2.45) is 0 Å². The number of rotatable bonds is 3. The summed E-state index contributed by atoms with van der Waals surface area (Å²) in [5.74, 6) is 0. The quantitative estimate of drug-likeness (QED) is 0.130. The fourth-order valence-corrected chi connectivity index (χ4v) is 8.62. The lowest BCUT2D eigenvalue weighted by molar-refractivity contribution is 1.72. The minimum atomic E-state index is 0.0184. The van der Waals surface area contributed by atoms with Crippen LogP contribution in [0.1, 0.15) is 0 Å². The molecular formula is C44H14B14. The molecule has 0 unspecified atom stereocenters. The molecule has 0 nitrogen and oxygen atoms in total. The molecule has 0 atom stereocenters. The Balaban J connectivity index is 1.60. The van der Waals surface area contributed by atoms with Crippen LogP contribution < -0.4 is 76.5 Å². The molecule has 0 bridgehead atoms. The average Bonchev–Trinajstić information content (AvgIpc) is 3.23. The highest BCUT2D eigenvalue weighted by atomic mass is 14.3. The van der Waals surface area contributed by atoms with Gasteiger partial charge in [-0.25, -0.2) is 0 Å². The maximum absolute atomic E-state index is 7.29. The number of fused-ring (bicyclic) bond motifs is 5. The first-order valence-electron chi connectivity index (χ1n) is 18.2. The lowest BCUT2D eigenvalue weighted by Crippen LogP contribution is -2.50. The molecule has 0 aliphatic carbocycles. The van der Waals surface area contributed by atoms with Crippen LogP contribution in [-0.2, 0) is 0 Å². The van der Waals surface area contributed by atoms with E-state index in [0.29, 0.717) is 54.6 Å². The maximum atomic E-state index is 7.29. The largest absolute Gasteiger partial charge is 0.113 e. The van der Waals surface area contributed by atoms with E-state index in [1.165, 1.54) is 0 Å². The van der Waals surface area contributed by atoms with E-state index in [-0.39, 0.29) is 87.6 Å². The molecule has 0 saturated carbocycles. The van der Waals surface area contributed by atoms with Crippen LogP contribution in [-0.4, -0.2) is 110 Å². The molecule has 0 amide bonds. The number of benzene rings is 9. The van der Waals surface area contributed by atoms with E-state index in [4.69, 9.17) is 110 Å². The first kappa shape index (κ1) is 38.7. The van der Waals surface area contributed by atoms with Gasteiger partial charge in [-0.2, -0.15) is 0 Å². The van der Waals surface area contributed by atoms with Crippen molar-refractivity contribution in [3.63, 3.8) is 0 Å². The molecule has 0 fully saturated rings. The van der Waals surface area contributed by atoms with E-state index in [0.717, 1.165) is 21.5 Å². The Morgan fingerprint density at radius 3 is 0.862 bits per heavy atom.